The van der Waals surface area contributed by atoms with E-state index in [0.717, 1.165) is 22.4 Å². The quantitative estimate of drug-likeness (QED) is 0.800. The molecule has 0 amide bonds. The smallest absolute Gasteiger partial charge is 0.180 e. The van der Waals surface area contributed by atoms with Gasteiger partial charge in [0.05, 0.1) is 19.2 Å². The number of methoxy groups -OCH3 is 1. The van der Waals surface area contributed by atoms with Gasteiger partial charge >= 0.3 is 0 Å². The van der Waals surface area contributed by atoms with E-state index in [0.29, 0.717) is 18.4 Å². The average Bonchev–Trinajstić information content (AvgIpc) is 2.36. The summed E-state index contributed by atoms with van der Waals surface area (Å²) in [7, 11) is 3.42. The zero-order valence-electron chi connectivity index (χ0n) is 12.8. The summed E-state index contributed by atoms with van der Waals surface area (Å²) in [4.78, 5) is 12.4. The van der Waals surface area contributed by atoms with Crippen LogP contribution in [0.4, 0.5) is 0 Å². The molecule has 0 fully saturated rings. The highest BCUT2D eigenvalue weighted by molar-refractivity contribution is 6.02. The minimum absolute atomic E-state index is 0.0885. The van der Waals surface area contributed by atoms with Crippen molar-refractivity contribution in [2.45, 2.75) is 39.5 Å². The molecule has 0 atom stereocenters. The van der Waals surface area contributed by atoms with Gasteiger partial charge in [-0.3, -0.25) is 4.79 Å². The molecule has 106 valence electrons. The van der Waals surface area contributed by atoms with Gasteiger partial charge in [0.25, 0.3) is 0 Å². The summed E-state index contributed by atoms with van der Waals surface area (Å²) in [5.74, 6) is 1.45. The molecule has 0 radical (unpaired) electrons. The number of Topliss-reactive ketones (excluding diaryl/α,β-unsaturated/α-hetero) is 1. The second-order valence-corrected chi connectivity index (χ2v) is 5.42. The number of ketones is 1. The first-order valence-corrected chi connectivity index (χ1v) is 6.82. The predicted octanol–water partition coefficient (Wildman–Crippen LogP) is 3.34. The third kappa shape index (κ3) is 3.35. The fourth-order valence-electron chi connectivity index (χ4n) is 2.31. The van der Waals surface area contributed by atoms with Crippen LogP contribution in [-0.4, -0.2) is 26.5 Å². The first-order chi connectivity index (χ1) is 8.93. The van der Waals surface area contributed by atoms with Crippen LogP contribution in [0.3, 0.4) is 0 Å². The van der Waals surface area contributed by atoms with Crippen molar-refractivity contribution in [1.82, 2.24) is 5.32 Å². The Bertz CT molecular complexity index is 450. The largest absolute Gasteiger partial charge is 0.496 e. The highest BCUT2D eigenvalue weighted by Gasteiger charge is 2.22. The summed E-state index contributed by atoms with van der Waals surface area (Å²) in [6, 6.07) is 4.14. The monoisotopic (exact) mass is 263 g/mol. The van der Waals surface area contributed by atoms with Gasteiger partial charge in [0, 0.05) is 0 Å². The summed E-state index contributed by atoms with van der Waals surface area (Å²) < 4.78 is 5.55. The number of hydrogen-bond acceptors (Lipinski definition) is 3. The van der Waals surface area contributed by atoms with E-state index in [9.17, 15) is 4.79 Å². The van der Waals surface area contributed by atoms with E-state index in [1.165, 1.54) is 0 Å². The van der Waals surface area contributed by atoms with Gasteiger partial charge in [0.1, 0.15) is 5.75 Å². The van der Waals surface area contributed by atoms with Gasteiger partial charge in [0.2, 0.25) is 0 Å². The van der Waals surface area contributed by atoms with Crippen LogP contribution in [0.15, 0.2) is 12.1 Å². The van der Waals surface area contributed by atoms with Crippen molar-refractivity contribution >= 4 is 5.78 Å². The van der Waals surface area contributed by atoms with Crippen molar-refractivity contribution in [1.29, 1.82) is 0 Å². The van der Waals surface area contributed by atoms with Crippen molar-refractivity contribution in [3.63, 3.8) is 0 Å². The van der Waals surface area contributed by atoms with Gasteiger partial charge in [-0.05, 0) is 30.0 Å². The normalized spacial score (nSPS) is 11.2. The number of hydrogen-bond donors (Lipinski definition) is 1. The van der Waals surface area contributed by atoms with Crippen LogP contribution in [0.25, 0.3) is 0 Å². The van der Waals surface area contributed by atoms with Gasteiger partial charge in [-0.1, -0.05) is 39.8 Å². The van der Waals surface area contributed by atoms with Gasteiger partial charge in [0.15, 0.2) is 5.78 Å². The van der Waals surface area contributed by atoms with Crippen LogP contribution < -0.4 is 10.1 Å². The fraction of sp³-hybridized carbons (Fsp3) is 0.562. The maximum Gasteiger partial charge on any atom is 0.180 e. The van der Waals surface area contributed by atoms with Crippen molar-refractivity contribution in [3.8, 4) is 5.75 Å². The topological polar surface area (TPSA) is 38.3 Å². The Kier molecular flexibility index (Phi) is 5.55. The maximum absolute atomic E-state index is 12.4. The van der Waals surface area contributed by atoms with Crippen molar-refractivity contribution in [2.75, 3.05) is 20.7 Å². The number of nitrogens with one attached hydrogen (secondary N) is 1. The third-order valence-corrected chi connectivity index (χ3v) is 3.28. The number of ether oxygens (including phenoxy) is 1. The predicted molar refractivity (Wildman–Crippen MR) is 79.4 cm³/mol. The van der Waals surface area contributed by atoms with E-state index in [4.69, 9.17) is 4.74 Å². The van der Waals surface area contributed by atoms with Gasteiger partial charge in [-0.2, -0.15) is 0 Å². The molecule has 0 spiro atoms. The molecule has 1 aromatic rings. The molecule has 1 N–H and O–H groups in total. The summed E-state index contributed by atoms with van der Waals surface area (Å²) in [5, 5.41) is 2.93. The Labute approximate surface area is 116 Å². The molecule has 0 aromatic heterocycles. The highest BCUT2D eigenvalue weighted by atomic mass is 16.5. The lowest BCUT2D eigenvalue weighted by Gasteiger charge is -2.20. The molecule has 3 nitrogen and oxygen atoms in total. The molecule has 0 saturated heterocycles. The van der Waals surface area contributed by atoms with Gasteiger partial charge in [-0.15, -0.1) is 0 Å². The van der Waals surface area contributed by atoms with Gasteiger partial charge in [-0.25, -0.2) is 0 Å². The average molecular weight is 263 g/mol. The lowest BCUT2D eigenvalue weighted by Crippen LogP contribution is -2.21. The van der Waals surface area contributed by atoms with E-state index in [-0.39, 0.29) is 5.78 Å². The first kappa shape index (κ1) is 15.7. The summed E-state index contributed by atoms with van der Waals surface area (Å²) in [6.45, 7) is 8.75. The van der Waals surface area contributed by atoms with Crippen molar-refractivity contribution < 1.29 is 9.53 Å². The molecule has 0 aliphatic rings. The molecule has 0 aliphatic carbocycles. The van der Waals surface area contributed by atoms with E-state index < -0.39 is 0 Å². The lowest BCUT2D eigenvalue weighted by molar-refractivity contribution is 0.0989. The molecule has 3 heteroatoms. The summed E-state index contributed by atoms with van der Waals surface area (Å²) in [5.41, 5.74) is 2.88. The van der Waals surface area contributed by atoms with Crippen LogP contribution in [0.5, 0.6) is 5.75 Å². The zero-order chi connectivity index (χ0) is 14.6. The number of rotatable bonds is 6. The van der Waals surface area contributed by atoms with E-state index in [1.807, 2.05) is 0 Å². The molecule has 0 bridgehead atoms. The minimum Gasteiger partial charge on any atom is -0.496 e. The number of likely N-dealkylation sites (N-methyl/N-ethyl adjacent to an activating group) is 1. The first-order valence-electron chi connectivity index (χ1n) is 6.82. The highest BCUT2D eigenvalue weighted by Crippen LogP contribution is 2.35. The molecular formula is C16H25NO2. The van der Waals surface area contributed by atoms with Crippen LogP contribution >= 0.6 is 0 Å². The Balaban J connectivity index is 3.50. The molecular weight excluding hydrogens is 238 g/mol. The minimum atomic E-state index is 0.0885. The fourth-order valence-corrected chi connectivity index (χ4v) is 2.31. The molecule has 1 aromatic carbocycles. The lowest BCUT2D eigenvalue weighted by atomic mass is 9.89. The Morgan fingerprint density at radius 1 is 1.16 bits per heavy atom. The molecule has 0 heterocycles. The van der Waals surface area contributed by atoms with Crippen LogP contribution in [0.2, 0.25) is 0 Å². The zero-order valence-corrected chi connectivity index (χ0v) is 12.8. The molecule has 1 rings (SSSR count). The van der Waals surface area contributed by atoms with Crippen molar-refractivity contribution in [3.05, 3.63) is 28.8 Å². The number of carbonyl (C=O) groups is 1. The van der Waals surface area contributed by atoms with E-state index in [1.54, 1.807) is 14.2 Å². The van der Waals surface area contributed by atoms with Crippen LogP contribution in [0.1, 0.15) is 61.0 Å². The van der Waals surface area contributed by atoms with Crippen LogP contribution in [0, 0.1) is 0 Å². The third-order valence-electron chi connectivity index (χ3n) is 3.28. The second kappa shape index (κ2) is 6.71. The SMILES string of the molecule is CNCC(=O)c1c(C(C)C)ccc(C(C)C)c1OC. The molecule has 0 saturated carbocycles. The number of carbonyl (C=O) groups excluding carboxylic acids is 1. The second-order valence-electron chi connectivity index (χ2n) is 5.42. The Morgan fingerprint density at radius 2 is 1.68 bits per heavy atom. The van der Waals surface area contributed by atoms with Gasteiger partial charge < -0.3 is 10.1 Å². The number of benzene rings is 1. The molecule has 19 heavy (non-hydrogen) atoms. The molecule has 0 unspecified atom stereocenters. The van der Waals surface area contributed by atoms with E-state index in [2.05, 4.69) is 45.1 Å². The maximum atomic E-state index is 12.4. The summed E-state index contributed by atoms with van der Waals surface area (Å²) in [6.07, 6.45) is 0. The Hall–Kier alpha value is -1.35. The summed E-state index contributed by atoms with van der Waals surface area (Å²) >= 11 is 0. The van der Waals surface area contributed by atoms with Crippen molar-refractivity contribution in [2.24, 2.45) is 0 Å². The standard InChI is InChI=1S/C16H25NO2/c1-10(2)12-7-8-13(11(3)4)16(19-6)15(12)14(18)9-17-5/h7-8,10-11,17H,9H2,1-6H3. The molecule has 0 aliphatic heterocycles. The Morgan fingerprint density at radius 3 is 2.11 bits per heavy atom. The van der Waals surface area contributed by atoms with E-state index >= 15 is 0 Å². The van der Waals surface area contributed by atoms with Crippen LogP contribution in [-0.2, 0) is 0 Å².